The summed E-state index contributed by atoms with van der Waals surface area (Å²) in [7, 11) is 0. The lowest BCUT2D eigenvalue weighted by Gasteiger charge is -2.39. The van der Waals surface area contributed by atoms with Crippen molar-refractivity contribution in [3.05, 3.63) is 28.7 Å². The Kier molecular flexibility index (Phi) is 4.77. The predicted octanol–water partition coefficient (Wildman–Crippen LogP) is -0.372. The topological polar surface area (TPSA) is 99.4 Å². The van der Waals surface area contributed by atoms with Crippen molar-refractivity contribution in [3.8, 4) is 5.75 Å². The van der Waals surface area contributed by atoms with Crippen LogP contribution in [0.1, 0.15) is 0 Å². The first-order valence-corrected chi connectivity index (χ1v) is 6.55. The molecule has 0 spiro atoms. The lowest BCUT2D eigenvalue weighted by Crippen LogP contribution is -2.60. The van der Waals surface area contributed by atoms with E-state index in [9.17, 15) is 15.3 Å². The van der Waals surface area contributed by atoms with Crippen molar-refractivity contribution in [1.82, 2.24) is 0 Å². The first-order valence-electron chi connectivity index (χ1n) is 5.75. The van der Waals surface area contributed by atoms with Crippen LogP contribution in [-0.2, 0) is 4.74 Å². The third-order valence-corrected chi connectivity index (χ3v) is 3.44. The molecule has 0 amide bonds. The SMILES string of the molecule is OC[C@@H]1O[C@@H](Oc2ccc(Br)cc2)[C@H](O)[C@H](O)[C@@H]1O. The van der Waals surface area contributed by atoms with Crippen LogP contribution in [0.25, 0.3) is 0 Å². The molecule has 0 radical (unpaired) electrons. The molecule has 1 heterocycles. The van der Waals surface area contributed by atoms with Crippen molar-refractivity contribution in [2.75, 3.05) is 6.61 Å². The van der Waals surface area contributed by atoms with E-state index in [-0.39, 0.29) is 0 Å². The van der Waals surface area contributed by atoms with Crippen LogP contribution in [0.3, 0.4) is 0 Å². The van der Waals surface area contributed by atoms with Gasteiger partial charge in [-0.1, -0.05) is 15.9 Å². The lowest BCUT2D eigenvalue weighted by molar-refractivity contribution is -0.277. The van der Waals surface area contributed by atoms with Crippen LogP contribution >= 0.6 is 15.9 Å². The molecule has 0 unspecified atom stereocenters. The zero-order valence-electron chi connectivity index (χ0n) is 9.89. The molecule has 1 aromatic carbocycles. The maximum absolute atomic E-state index is 9.79. The van der Waals surface area contributed by atoms with Gasteiger partial charge in [0, 0.05) is 4.47 Å². The van der Waals surface area contributed by atoms with Gasteiger partial charge < -0.3 is 29.9 Å². The van der Waals surface area contributed by atoms with Gasteiger partial charge in [0.15, 0.2) is 0 Å². The fourth-order valence-corrected chi connectivity index (χ4v) is 2.08. The van der Waals surface area contributed by atoms with Gasteiger partial charge in [0.1, 0.15) is 30.2 Å². The summed E-state index contributed by atoms with van der Waals surface area (Å²) in [5.41, 5.74) is 0. The van der Waals surface area contributed by atoms with E-state index in [0.717, 1.165) is 4.47 Å². The maximum atomic E-state index is 9.79. The Labute approximate surface area is 118 Å². The van der Waals surface area contributed by atoms with Crippen LogP contribution in [-0.4, -0.2) is 57.7 Å². The number of hydrogen-bond donors (Lipinski definition) is 4. The molecule has 1 fully saturated rings. The number of halogens is 1. The third kappa shape index (κ3) is 3.25. The van der Waals surface area contributed by atoms with Crippen molar-refractivity contribution in [1.29, 1.82) is 0 Å². The molecule has 4 N–H and O–H groups in total. The zero-order valence-corrected chi connectivity index (χ0v) is 11.5. The van der Waals surface area contributed by atoms with Crippen molar-refractivity contribution in [2.45, 2.75) is 30.7 Å². The van der Waals surface area contributed by atoms with Gasteiger partial charge >= 0.3 is 0 Å². The second-order valence-corrected chi connectivity index (χ2v) is 5.18. The van der Waals surface area contributed by atoms with Gasteiger partial charge in [0.2, 0.25) is 6.29 Å². The Bertz CT molecular complexity index is 409. The minimum atomic E-state index is -1.44. The summed E-state index contributed by atoms with van der Waals surface area (Å²) in [6.07, 6.45) is -6.35. The van der Waals surface area contributed by atoms with Crippen LogP contribution in [0, 0.1) is 0 Å². The van der Waals surface area contributed by atoms with E-state index in [0.29, 0.717) is 5.75 Å². The van der Waals surface area contributed by atoms with Gasteiger partial charge in [0.25, 0.3) is 0 Å². The van der Waals surface area contributed by atoms with E-state index in [1.54, 1.807) is 24.3 Å². The normalized spacial score (nSPS) is 35.1. The van der Waals surface area contributed by atoms with E-state index in [1.165, 1.54) is 0 Å². The maximum Gasteiger partial charge on any atom is 0.229 e. The average Bonchev–Trinajstić information content (AvgIpc) is 2.42. The number of rotatable bonds is 3. The molecule has 19 heavy (non-hydrogen) atoms. The number of ether oxygens (including phenoxy) is 2. The summed E-state index contributed by atoms with van der Waals surface area (Å²) in [6.45, 7) is -0.481. The Hall–Kier alpha value is -0.700. The van der Waals surface area contributed by atoms with E-state index < -0.39 is 37.3 Å². The Morgan fingerprint density at radius 1 is 1.05 bits per heavy atom. The first-order chi connectivity index (χ1) is 9.02. The largest absolute Gasteiger partial charge is 0.462 e. The van der Waals surface area contributed by atoms with E-state index in [4.69, 9.17) is 14.6 Å². The van der Waals surface area contributed by atoms with Crippen molar-refractivity contribution >= 4 is 15.9 Å². The summed E-state index contributed by atoms with van der Waals surface area (Å²) >= 11 is 3.28. The average molecular weight is 335 g/mol. The van der Waals surface area contributed by atoms with E-state index >= 15 is 0 Å². The van der Waals surface area contributed by atoms with E-state index in [1.807, 2.05) is 0 Å². The highest BCUT2D eigenvalue weighted by molar-refractivity contribution is 9.10. The van der Waals surface area contributed by atoms with E-state index in [2.05, 4.69) is 15.9 Å². The predicted molar refractivity (Wildman–Crippen MR) is 68.5 cm³/mol. The van der Waals surface area contributed by atoms with Crippen LogP contribution in [0.5, 0.6) is 5.75 Å². The fourth-order valence-electron chi connectivity index (χ4n) is 1.81. The molecule has 0 aliphatic carbocycles. The Balaban J connectivity index is 2.08. The molecule has 1 aliphatic heterocycles. The minimum absolute atomic E-state index is 0.438. The van der Waals surface area contributed by atoms with Crippen LogP contribution in [0.4, 0.5) is 0 Å². The number of hydrogen-bond acceptors (Lipinski definition) is 6. The summed E-state index contributed by atoms with van der Waals surface area (Å²) < 4.78 is 11.5. The fraction of sp³-hybridized carbons (Fsp3) is 0.500. The van der Waals surface area contributed by atoms with Crippen LogP contribution < -0.4 is 4.74 Å². The second-order valence-electron chi connectivity index (χ2n) is 4.27. The number of aliphatic hydroxyl groups is 4. The smallest absolute Gasteiger partial charge is 0.229 e. The monoisotopic (exact) mass is 334 g/mol. The third-order valence-electron chi connectivity index (χ3n) is 2.91. The molecule has 1 aromatic rings. The van der Waals surface area contributed by atoms with Gasteiger partial charge in [-0.2, -0.15) is 0 Å². The summed E-state index contributed by atoms with van der Waals surface area (Å²) in [4.78, 5) is 0. The van der Waals surface area contributed by atoms with Gasteiger partial charge in [-0.25, -0.2) is 0 Å². The number of benzene rings is 1. The Morgan fingerprint density at radius 3 is 2.26 bits per heavy atom. The zero-order chi connectivity index (χ0) is 14.0. The highest BCUT2D eigenvalue weighted by Gasteiger charge is 2.44. The standard InChI is InChI=1S/C12H15BrO6/c13-6-1-3-7(4-2-6)18-12-11(17)10(16)9(15)8(5-14)19-12/h1-4,8-12,14-17H,5H2/t8-,9+,10+,11+,12+/m0/s1. The molecule has 1 saturated heterocycles. The highest BCUT2D eigenvalue weighted by Crippen LogP contribution is 2.25. The van der Waals surface area contributed by atoms with Crippen molar-refractivity contribution < 1.29 is 29.9 Å². The second kappa shape index (κ2) is 6.17. The molecule has 106 valence electrons. The van der Waals surface area contributed by atoms with Gasteiger partial charge in [-0.3, -0.25) is 0 Å². The van der Waals surface area contributed by atoms with Crippen molar-refractivity contribution in [2.24, 2.45) is 0 Å². The first kappa shape index (κ1) is 14.7. The highest BCUT2D eigenvalue weighted by atomic mass is 79.9. The molecule has 7 heteroatoms. The van der Waals surface area contributed by atoms with Gasteiger partial charge in [0.05, 0.1) is 6.61 Å². The lowest BCUT2D eigenvalue weighted by atomic mass is 9.99. The molecule has 2 rings (SSSR count). The van der Waals surface area contributed by atoms with Crippen molar-refractivity contribution in [3.63, 3.8) is 0 Å². The Morgan fingerprint density at radius 2 is 1.68 bits per heavy atom. The van der Waals surface area contributed by atoms with Crippen LogP contribution in [0.2, 0.25) is 0 Å². The molecule has 1 aliphatic rings. The summed E-state index contributed by atoms with van der Waals surface area (Å²) in [5, 5.41) is 38.1. The molecule has 0 aromatic heterocycles. The molecule has 0 bridgehead atoms. The summed E-state index contributed by atoms with van der Waals surface area (Å²) in [6, 6.07) is 6.82. The number of aliphatic hydroxyl groups excluding tert-OH is 4. The quantitative estimate of drug-likeness (QED) is 0.602. The molecule has 6 nitrogen and oxygen atoms in total. The molecular weight excluding hydrogens is 320 g/mol. The minimum Gasteiger partial charge on any atom is -0.462 e. The molecular formula is C12H15BrO6. The van der Waals surface area contributed by atoms with Gasteiger partial charge in [-0.15, -0.1) is 0 Å². The molecule has 0 saturated carbocycles. The summed E-state index contributed by atoms with van der Waals surface area (Å²) in [5.74, 6) is 0.438. The van der Waals surface area contributed by atoms with Crippen LogP contribution in [0.15, 0.2) is 28.7 Å². The molecule has 5 atom stereocenters. The van der Waals surface area contributed by atoms with Gasteiger partial charge in [-0.05, 0) is 24.3 Å².